The highest BCUT2D eigenvalue weighted by atomic mass is 32.2. The number of rotatable bonds is 7. The summed E-state index contributed by atoms with van der Waals surface area (Å²) >= 11 is 1.67. The molecule has 0 fully saturated rings. The van der Waals surface area contributed by atoms with E-state index in [1.807, 2.05) is 13.0 Å². The van der Waals surface area contributed by atoms with Crippen molar-refractivity contribution in [2.45, 2.75) is 25.0 Å². The summed E-state index contributed by atoms with van der Waals surface area (Å²) < 4.78 is 0. The first-order valence-electron chi connectivity index (χ1n) is 6.18. The quantitative estimate of drug-likeness (QED) is 0.803. The minimum Gasteiger partial charge on any atom is -0.396 e. The van der Waals surface area contributed by atoms with Gasteiger partial charge in [-0.1, -0.05) is 13.0 Å². The molecule has 0 spiro atoms. The molecule has 1 aromatic carbocycles. The number of carbonyl (C=O) groups is 1. The van der Waals surface area contributed by atoms with Crippen LogP contribution in [0.4, 0.5) is 5.69 Å². The van der Waals surface area contributed by atoms with Crippen molar-refractivity contribution >= 4 is 23.4 Å². The Morgan fingerprint density at radius 3 is 3.05 bits per heavy atom. The summed E-state index contributed by atoms with van der Waals surface area (Å²) in [5.74, 6) is 0.670. The fourth-order valence-electron chi connectivity index (χ4n) is 1.51. The monoisotopic (exact) mass is 278 g/mol. The Morgan fingerprint density at radius 2 is 2.37 bits per heavy atom. The van der Waals surface area contributed by atoms with Crippen LogP contribution in [0.15, 0.2) is 24.3 Å². The zero-order valence-electron chi connectivity index (χ0n) is 10.9. The molecule has 1 atom stereocenters. The number of aliphatic hydroxyl groups excluding tert-OH is 1. The maximum Gasteiger partial charge on any atom is 0.225 e. The number of hydrogen-bond donors (Lipinski definition) is 2. The fourth-order valence-corrected chi connectivity index (χ4v) is 2.49. The topological polar surface area (TPSA) is 73.1 Å². The Morgan fingerprint density at radius 1 is 1.58 bits per heavy atom. The van der Waals surface area contributed by atoms with Gasteiger partial charge < -0.3 is 10.4 Å². The van der Waals surface area contributed by atoms with Crippen LogP contribution >= 0.6 is 11.8 Å². The van der Waals surface area contributed by atoms with Crippen molar-refractivity contribution in [3.8, 4) is 6.07 Å². The molecule has 1 aromatic rings. The van der Waals surface area contributed by atoms with Gasteiger partial charge in [0.1, 0.15) is 0 Å². The van der Waals surface area contributed by atoms with E-state index in [2.05, 4.69) is 5.32 Å². The lowest BCUT2D eigenvalue weighted by Gasteiger charge is -2.09. The molecular formula is C14H18N2O2S. The summed E-state index contributed by atoms with van der Waals surface area (Å²) in [6, 6.07) is 8.89. The van der Waals surface area contributed by atoms with Gasteiger partial charge in [0.05, 0.1) is 11.6 Å². The lowest BCUT2D eigenvalue weighted by molar-refractivity contribution is -0.115. The molecule has 4 nitrogen and oxygen atoms in total. The Bertz CT molecular complexity index is 457. The van der Waals surface area contributed by atoms with Gasteiger partial charge >= 0.3 is 0 Å². The molecule has 0 aliphatic rings. The maximum absolute atomic E-state index is 11.7. The predicted octanol–water partition coefficient (Wildman–Crippen LogP) is 2.39. The van der Waals surface area contributed by atoms with Gasteiger partial charge in [-0.25, -0.2) is 0 Å². The fraction of sp³-hybridized carbons (Fsp3) is 0.429. The third kappa shape index (κ3) is 6.27. The summed E-state index contributed by atoms with van der Waals surface area (Å²) in [5.41, 5.74) is 1.18. The van der Waals surface area contributed by atoms with Crippen molar-refractivity contribution in [3.63, 3.8) is 0 Å². The molecule has 0 heterocycles. The smallest absolute Gasteiger partial charge is 0.225 e. The first kappa shape index (κ1) is 15.5. The Labute approximate surface area is 117 Å². The third-order valence-electron chi connectivity index (χ3n) is 2.54. The van der Waals surface area contributed by atoms with Crippen molar-refractivity contribution in [1.29, 1.82) is 5.26 Å². The molecule has 0 saturated heterocycles. The van der Waals surface area contributed by atoms with Gasteiger partial charge in [0.15, 0.2) is 0 Å². The Hall–Kier alpha value is -1.51. The van der Waals surface area contributed by atoms with Crippen LogP contribution in [-0.2, 0) is 4.79 Å². The molecule has 1 rings (SSSR count). The van der Waals surface area contributed by atoms with Crippen LogP contribution < -0.4 is 5.32 Å². The number of thioether (sulfide) groups is 1. The standard InChI is InChI=1S/C14H18N2O2S/c1-11(5-7-17)19-8-6-14(18)16-13-4-2-3-12(9-13)10-15/h2-4,9,11,17H,5-8H2,1H3,(H,16,18). The van der Waals surface area contributed by atoms with Crippen LogP contribution in [0.25, 0.3) is 0 Å². The van der Waals surface area contributed by atoms with Crippen LogP contribution in [0.1, 0.15) is 25.3 Å². The Balaban J connectivity index is 2.33. The second kappa shape index (κ2) is 8.57. The van der Waals surface area contributed by atoms with E-state index in [1.54, 1.807) is 36.0 Å². The summed E-state index contributed by atoms with van der Waals surface area (Å²) in [7, 11) is 0. The van der Waals surface area contributed by atoms with E-state index >= 15 is 0 Å². The molecule has 1 amide bonds. The molecule has 0 radical (unpaired) electrons. The van der Waals surface area contributed by atoms with E-state index in [0.717, 1.165) is 12.2 Å². The molecule has 102 valence electrons. The average molecular weight is 278 g/mol. The van der Waals surface area contributed by atoms with Crippen LogP contribution in [0, 0.1) is 11.3 Å². The number of nitriles is 1. The molecule has 0 saturated carbocycles. The van der Waals surface area contributed by atoms with E-state index in [9.17, 15) is 4.79 Å². The molecule has 0 aromatic heterocycles. The molecule has 5 heteroatoms. The van der Waals surface area contributed by atoms with Gasteiger partial charge in [-0.3, -0.25) is 4.79 Å². The minimum atomic E-state index is -0.0567. The molecule has 19 heavy (non-hydrogen) atoms. The Kier molecular flexibility index (Phi) is 7.01. The van der Waals surface area contributed by atoms with Gasteiger partial charge in [0.25, 0.3) is 0 Å². The highest BCUT2D eigenvalue weighted by Crippen LogP contribution is 2.15. The van der Waals surface area contributed by atoms with Crippen molar-refractivity contribution in [2.75, 3.05) is 17.7 Å². The number of hydrogen-bond acceptors (Lipinski definition) is 4. The van der Waals surface area contributed by atoms with E-state index < -0.39 is 0 Å². The van der Waals surface area contributed by atoms with Gasteiger partial charge in [-0.15, -0.1) is 0 Å². The second-order valence-electron chi connectivity index (χ2n) is 4.18. The number of aliphatic hydroxyl groups is 1. The van der Waals surface area contributed by atoms with E-state index in [-0.39, 0.29) is 12.5 Å². The highest BCUT2D eigenvalue weighted by molar-refractivity contribution is 7.99. The SMILES string of the molecule is CC(CCO)SCCC(=O)Nc1cccc(C#N)c1. The summed E-state index contributed by atoms with van der Waals surface area (Å²) in [6.07, 6.45) is 1.17. The first-order chi connectivity index (χ1) is 9.15. The molecular weight excluding hydrogens is 260 g/mol. The lowest BCUT2D eigenvalue weighted by atomic mass is 10.2. The van der Waals surface area contributed by atoms with Gasteiger partial charge in [-0.2, -0.15) is 17.0 Å². The van der Waals surface area contributed by atoms with Crippen molar-refractivity contribution < 1.29 is 9.90 Å². The summed E-state index contributed by atoms with van der Waals surface area (Å²) in [6.45, 7) is 2.22. The number of amides is 1. The minimum absolute atomic E-state index is 0.0567. The summed E-state index contributed by atoms with van der Waals surface area (Å²) in [5, 5.41) is 20.7. The molecule has 2 N–H and O–H groups in total. The average Bonchev–Trinajstić information content (AvgIpc) is 2.39. The summed E-state index contributed by atoms with van der Waals surface area (Å²) in [4.78, 5) is 11.7. The van der Waals surface area contributed by atoms with E-state index in [4.69, 9.17) is 10.4 Å². The van der Waals surface area contributed by atoms with Gasteiger partial charge in [-0.05, 0) is 24.6 Å². The van der Waals surface area contributed by atoms with Crippen LogP contribution in [-0.4, -0.2) is 28.6 Å². The zero-order valence-corrected chi connectivity index (χ0v) is 11.7. The van der Waals surface area contributed by atoms with Crippen molar-refractivity contribution in [3.05, 3.63) is 29.8 Å². The van der Waals surface area contributed by atoms with Crippen molar-refractivity contribution in [1.82, 2.24) is 0 Å². The highest BCUT2D eigenvalue weighted by Gasteiger charge is 2.06. The molecule has 0 bridgehead atoms. The van der Waals surface area contributed by atoms with E-state index in [1.165, 1.54) is 0 Å². The predicted molar refractivity (Wildman–Crippen MR) is 78.0 cm³/mol. The van der Waals surface area contributed by atoms with Crippen LogP contribution in [0.5, 0.6) is 0 Å². The van der Waals surface area contributed by atoms with Gasteiger partial charge in [0, 0.05) is 29.7 Å². The van der Waals surface area contributed by atoms with Crippen molar-refractivity contribution in [2.24, 2.45) is 0 Å². The largest absolute Gasteiger partial charge is 0.396 e. The van der Waals surface area contributed by atoms with Crippen LogP contribution in [0.2, 0.25) is 0 Å². The van der Waals surface area contributed by atoms with Gasteiger partial charge in [0.2, 0.25) is 5.91 Å². The first-order valence-corrected chi connectivity index (χ1v) is 7.23. The number of benzene rings is 1. The van der Waals surface area contributed by atoms with Crippen LogP contribution in [0.3, 0.4) is 0 Å². The molecule has 1 unspecified atom stereocenters. The maximum atomic E-state index is 11.7. The number of nitrogens with zero attached hydrogens (tertiary/aromatic N) is 1. The number of carbonyl (C=O) groups excluding carboxylic acids is 1. The third-order valence-corrected chi connectivity index (χ3v) is 3.79. The zero-order chi connectivity index (χ0) is 14.1. The second-order valence-corrected chi connectivity index (χ2v) is 5.73. The number of anilines is 1. The molecule has 0 aliphatic carbocycles. The number of nitrogens with one attached hydrogen (secondary N) is 1. The lowest BCUT2D eigenvalue weighted by Crippen LogP contribution is -2.13. The molecule has 0 aliphatic heterocycles. The normalized spacial score (nSPS) is 11.6. The van der Waals surface area contributed by atoms with E-state index in [0.29, 0.717) is 22.9 Å².